The zero-order valence-electron chi connectivity index (χ0n) is 14.6. The molecule has 0 spiro atoms. The highest BCUT2D eigenvalue weighted by Crippen LogP contribution is 2.33. The molecule has 0 amide bonds. The lowest BCUT2D eigenvalue weighted by Gasteiger charge is -2.13. The Morgan fingerprint density at radius 3 is 2.42 bits per heavy atom. The molecular formula is C20H19NO5. The van der Waals surface area contributed by atoms with Crippen LogP contribution in [0.5, 0.6) is 11.5 Å². The van der Waals surface area contributed by atoms with Gasteiger partial charge in [-0.05, 0) is 42.3 Å². The third-order valence-corrected chi connectivity index (χ3v) is 3.73. The largest absolute Gasteiger partial charge is 0.493 e. The van der Waals surface area contributed by atoms with Crippen molar-refractivity contribution in [1.29, 1.82) is 0 Å². The van der Waals surface area contributed by atoms with E-state index in [1.165, 1.54) is 30.3 Å². The van der Waals surface area contributed by atoms with Gasteiger partial charge in [0.2, 0.25) is 0 Å². The summed E-state index contributed by atoms with van der Waals surface area (Å²) < 4.78 is 10.7. The van der Waals surface area contributed by atoms with Gasteiger partial charge in [-0.25, -0.2) is 0 Å². The van der Waals surface area contributed by atoms with Crippen molar-refractivity contribution in [2.75, 3.05) is 14.2 Å². The zero-order valence-corrected chi connectivity index (χ0v) is 14.6. The Morgan fingerprint density at radius 1 is 1.19 bits per heavy atom. The molecule has 0 aromatic heterocycles. The molecule has 6 nitrogen and oxygen atoms in total. The standard InChI is InChI=1S/C20H19NO5/c1-4-5-16-12-14(13-19(25-2)20(16)26-3)6-11-18(22)15-7-9-17(10-8-15)21(23)24/h4,6-13H,1,5H2,2-3H3/b11-6+. The van der Waals surface area contributed by atoms with Crippen molar-refractivity contribution in [2.24, 2.45) is 0 Å². The fourth-order valence-corrected chi connectivity index (χ4v) is 2.49. The molecule has 26 heavy (non-hydrogen) atoms. The number of non-ortho nitro benzene ring substituents is 1. The van der Waals surface area contributed by atoms with Crippen molar-refractivity contribution in [2.45, 2.75) is 6.42 Å². The number of methoxy groups -OCH3 is 2. The summed E-state index contributed by atoms with van der Waals surface area (Å²) in [7, 11) is 3.11. The van der Waals surface area contributed by atoms with Crippen LogP contribution >= 0.6 is 0 Å². The fraction of sp³-hybridized carbons (Fsp3) is 0.150. The summed E-state index contributed by atoms with van der Waals surface area (Å²) in [6.07, 6.45) is 5.43. The van der Waals surface area contributed by atoms with Crippen LogP contribution < -0.4 is 9.47 Å². The maximum absolute atomic E-state index is 12.3. The summed E-state index contributed by atoms with van der Waals surface area (Å²) in [5.74, 6) is 0.945. The molecule has 0 bridgehead atoms. The van der Waals surface area contributed by atoms with Gasteiger partial charge in [0.1, 0.15) is 0 Å². The van der Waals surface area contributed by atoms with Gasteiger partial charge in [-0.2, -0.15) is 0 Å². The van der Waals surface area contributed by atoms with Crippen molar-refractivity contribution in [3.8, 4) is 11.5 Å². The van der Waals surface area contributed by atoms with Crippen LogP contribution in [-0.4, -0.2) is 24.9 Å². The predicted molar refractivity (Wildman–Crippen MR) is 99.9 cm³/mol. The van der Waals surface area contributed by atoms with E-state index in [4.69, 9.17) is 9.47 Å². The van der Waals surface area contributed by atoms with Crippen molar-refractivity contribution in [3.63, 3.8) is 0 Å². The summed E-state index contributed by atoms with van der Waals surface area (Å²) in [4.78, 5) is 22.4. The lowest BCUT2D eigenvalue weighted by atomic mass is 10.0. The molecular weight excluding hydrogens is 334 g/mol. The SMILES string of the molecule is C=CCc1cc(/C=C/C(=O)c2ccc([N+](=O)[O-])cc2)cc(OC)c1OC. The van der Waals surface area contributed by atoms with E-state index in [1.54, 1.807) is 32.4 Å². The number of ether oxygens (including phenoxy) is 2. The first-order valence-electron chi connectivity index (χ1n) is 7.82. The van der Waals surface area contributed by atoms with E-state index in [1.807, 2.05) is 6.07 Å². The third-order valence-electron chi connectivity index (χ3n) is 3.73. The summed E-state index contributed by atoms with van der Waals surface area (Å²) in [5.41, 5.74) is 1.98. The highest BCUT2D eigenvalue weighted by molar-refractivity contribution is 6.06. The second-order valence-corrected chi connectivity index (χ2v) is 5.41. The topological polar surface area (TPSA) is 78.7 Å². The van der Waals surface area contributed by atoms with Crippen LogP contribution in [0.3, 0.4) is 0 Å². The molecule has 0 N–H and O–H groups in total. The summed E-state index contributed by atoms with van der Waals surface area (Å²) in [5, 5.41) is 10.7. The van der Waals surface area contributed by atoms with Crippen molar-refractivity contribution in [1.82, 2.24) is 0 Å². The van der Waals surface area contributed by atoms with Gasteiger partial charge in [0.15, 0.2) is 17.3 Å². The minimum atomic E-state index is -0.505. The highest BCUT2D eigenvalue weighted by Gasteiger charge is 2.11. The van der Waals surface area contributed by atoms with Crippen LogP contribution in [0.15, 0.2) is 55.1 Å². The number of allylic oxidation sites excluding steroid dienone is 2. The zero-order chi connectivity index (χ0) is 19.1. The highest BCUT2D eigenvalue weighted by atomic mass is 16.6. The van der Waals surface area contributed by atoms with Crippen LogP contribution in [0.2, 0.25) is 0 Å². The van der Waals surface area contributed by atoms with Crippen LogP contribution in [-0.2, 0) is 6.42 Å². The molecule has 0 heterocycles. The van der Waals surface area contributed by atoms with Crippen molar-refractivity contribution < 1.29 is 19.2 Å². The van der Waals surface area contributed by atoms with Gasteiger partial charge >= 0.3 is 0 Å². The van der Waals surface area contributed by atoms with Crippen molar-refractivity contribution in [3.05, 3.63) is 81.9 Å². The van der Waals surface area contributed by atoms with E-state index in [9.17, 15) is 14.9 Å². The van der Waals surface area contributed by atoms with E-state index in [2.05, 4.69) is 6.58 Å². The lowest BCUT2D eigenvalue weighted by molar-refractivity contribution is -0.384. The first-order chi connectivity index (χ1) is 12.5. The molecule has 0 atom stereocenters. The number of nitro groups is 1. The Morgan fingerprint density at radius 2 is 1.88 bits per heavy atom. The van der Waals surface area contributed by atoms with Crippen LogP contribution in [0, 0.1) is 10.1 Å². The van der Waals surface area contributed by atoms with Crippen LogP contribution in [0.4, 0.5) is 5.69 Å². The number of nitro benzene ring substituents is 1. The molecule has 0 fully saturated rings. The normalized spacial score (nSPS) is 10.5. The second kappa shape index (κ2) is 8.62. The molecule has 0 aliphatic carbocycles. The first-order valence-corrected chi connectivity index (χ1v) is 7.82. The monoisotopic (exact) mass is 353 g/mol. The molecule has 0 saturated carbocycles. The van der Waals surface area contributed by atoms with E-state index in [0.29, 0.717) is 23.5 Å². The predicted octanol–water partition coefficient (Wildman–Crippen LogP) is 4.24. The van der Waals surface area contributed by atoms with Crippen molar-refractivity contribution >= 4 is 17.5 Å². The number of hydrogen-bond acceptors (Lipinski definition) is 5. The van der Waals surface area contributed by atoms with Gasteiger partial charge < -0.3 is 9.47 Å². The quantitative estimate of drug-likeness (QED) is 0.233. The van der Waals surface area contributed by atoms with Gasteiger partial charge in [0, 0.05) is 23.3 Å². The third kappa shape index (κ3) is 4.36. The van der Waals surface area contributed by atoms with E-state index >= 15 is 0 Å². The molecule has 0 radical (unpaired) electrons. The first kappa shape index (κ1) is 18.9. The van der Waals surface area contributed by atoms with E-state index < -0.39 is 4.92 Å². The Kier molecular flexibility index (Phi) is 6.27. The van der Waals surface area contributed by atoms with E-state index in [0.717, 1.165) is 11.1 Å². The van der Waals surface area contributed by atoms with Crippen LogP contribution in [0.1, 0.15) is 21.5 Å². The van der Waals surface area contributed by atoms with E-state index in [-0.39, 0.29) is 11.5 Å². The lowest BCUT2D eigenvalue weighted by Crippen LogP contribution is -1.97. The number of rotatable bonds is 8. The molecule has 2 aromatic rings. The molecule has 134 valence electrons. The molecule has 0 saturated heterocycles. The number of benzene rings is 2. The summed E-state index contributed by atoms with van der Waals surface area (Å²) >= 11 is 0. The number of carbonyl (C=O) groups is 1. The summed E-state index contributed by atoms with van der Waals surface area (Å²) in [6, 6.07) is 9.14. The number of ketones is 1. The average Bonchev–Trinajstić information content (AvgIpc) is 2.65. The van der Waals surface area contributed by atoms with Gasteiger partial charge in [-0.3, -0.25) is 14.9 Å². The smallest absolute Gasteiger partial charge is 0.269 e. The maximum Gasteiger partial charge on any atom is 0.269 e. The van der Waals surface area contributed by atoms with Gasteiger partial charge in [-0.1, -0.05) is 12.2 Å². The Balaban J connectivity index is 2.28. The molecule has 0 aliphatic rings. The summed E-state index contributed by atoms with van der Waals surface area (Å²) in [6.45, 7) is 3.73. The minimum absolute atomic E-state index is 0.0560. The number of hydrogen-bond donors (Lipinski definition) is 0. The minimum Gasteiger partial charge on any atom is -0.493 e. The van der Waals surface area contributed by atoms with Gasteiger partial charge in [-0.15, -0.1) is 6.58 Å². The number of carbonyl (C=O) groups excluding carboxylic acids is 1. The maximum atomic E-state index is 12.3. The number of nitrogens with zero attached hydrogens (tertiary/aromatic N) is 1. The molecule has 0 aliphatic heterocycles. The molecule has 0 unspecified atom stereocenters. The average molecular weight is 353 g/mol. The Labute approximate surface area is 151 Å². The van der Waals surface area contributed by atoms with Crippen LogP contribution in [0.25, 0.3) is 6.08 Å². The molecule has 6 heteroatoms. The van der Waals surface area contributed by atoms with Gasteiger partial charge in [0.25, 0.3) is 5.69 Å². The molecule has 2 rings (SSSR count). The fourth-order valence-electron chi connectivity index (χ4n) is 2.49. The second-order valence-electron chi connectivity index (χ2n) is 5.41. The Bertz CT molecular complexity index is 853. The molecule has 2 aromatic carbocycles. The Hall–Kier alpha value is -3.41. The van der Waals surface area contributed by atoms with Gasteiger partial charge in [0.05, 0.1) is 19.1 Å².